The number of hydrazine groups is 1. The van der Waals surface area contributed by atoms with Crippen molar-refractivity contribution in [3.05, 3.63) is 70.1 Å². The van der Waals surface area contributed by atoms with E-state index in [9.17, 15) is 0 Å². The summed E-state index contributed by atoms with van der Waals surface area (Å²) in [4.78, 5) is 0. The van der Waals surface area contributed by atoms with Gasteiger partial charge in [0.2, 0.25) is 0 Å². The Bertz CT molecular complexity index is 1260. The van der Waals surface area contributed by atoms with Crippen molar-refractivity contribution < 1.29 is 0 Å². The quantitative estimate of drug-likeness (QED) is 0.468. The van der Waals surface area contributed by atoms with Crippen LogP contribution in [0.5, 0.6) is 0 Å². The van der Waals surface area contributed by atoms with Gasteiger partial charge in [-0.2, -0.15) is 0 Å². The van der Waals surface area contributed by atoms with Crippen molar-refractivity contribution in [1.82, 2.24) is 0 Å². The van der Waals surface area contributed by atoms with Gasteiger partial charge in [0, 0.05) is 21.1 Å². The lowest BCUT2D eigenvalue weighted by Crippen LogP contribution is -2.36. The predicted molar refractivity (Wildman–Crippen MR) is 141 cm³/mol. The Kier molecular flexibility index (Phi) is 5.64. The number of nitrogens with one attached hydrogen (secondary N) is 3. The molecule has 32 heavy (non-hydrogen) atoms. The van der Waals surface area contributed by atoms with E-state index < -0.39 is 0 Å². The summed E-state index contributed by atoms with van der Waals surface area (Å²) < 4.78 is 0. The van der Waals surface area contributed by atoms with Gasteiger partial charge in [-0.1, -0.05) is 45.2 Å². The van der Waals surface area contributed by atoms with E-state index in [1.165, 1.54) is 11.1 Å². The molecular formula is C28H34N4. The molecule has 1 atom stereocenters. The van der Waals surface area contributed by atoms with Crippen LogP contribution in [0.15, 0.2) is 48.5 Å². The molecule has 0 aromatic heterocycles. The highest BCUT2D eigenvalue weighted by Gasteiger charge is 2.37. The second-order valence-electron chi connectivity index (χ2n) is 9.03. The zero-order valence-electron chi connectivity index (χ0n) is 19.9. The summed E-state index contributed by atoms with van der Waals surface area (Å²) in [5.41, 5.74) is 13.4. The molecule has 1 aliphatic carbocycles. The predicted octanol–water partition coefficient (Wildman–Crippen LogP) is 4.94. The molecule has 1 aliphatic rings. The molecule has 0 saturated carbocycles. The van der Waals surface area contributed by atoms with E-state index in [1.807, 2.05) is 20.2 Å². The first-order chi connectivity index (χ1) is 15.3. The smallest absolute Gasteiger partial charge is 0.0803 e. The normalized spacial score (nSPS) is 16.7. The van der Waals surface area contributed by atoms with Gasteiger partial charge in [0.15, 0.2) is 0 Å². The molecular weight excluding hydrogens is 392 g/mol. The number of fused-ring (bicyclic) bond motifs is 1. The number of hydrogen-bond acceptors (Lipinski definition) is 4. The van der Waals surface area contributed by atoms with Gasteiger partial charge in [0.25, 0.3) is 0 Å². The summed E-state index contributed by atoms with van der Waals surface area (Å²) in [5, 5.41) is 10.7. The minimum absolute atomic E-state index is 0.277. The van der Waals surface area contributed by atoms with E-state index in [-0.39, 0.29) is 5.41 Å². The molecule has 0 spiro atoms. The average molecular weight is 427 g/mol. The van der Waals surface area contributed by atoms with E-state index in [0.717, 1.165) is 57.2 Å². The molecule has 3 aromatic rings. The zero-order chi connectivity index (χ0) is 23.0. The van der Waals surface area contributed by atoms with Gasteiger partial charge in [0.1, 0.15) is 0 Å². The molecule has 4 heteroatoms. The van der Waals surface area contributed by atoms with Gasteiger partial charge >= 0.3 is 0 Å². The van der Waals surface area contributed by atoms with Crippen LogP contribution in [0.3, 0.4) is 0 Å². The lowest BCUT2D eigenvalue weighted by atomic mass is 9.63. The Balaban J connectivity index is 1.70. The molecule has 166 valence electrons. The van der Waals surface area contributed by atoms with Gasteiger partial charge < -0.3 is 10.6 Å². The fraction of sp³-hybridized carbons (Fsp3) is 0.286. The van der Waals surface area contributed by atoms with Crippen LogP contribution in [-0.2, 0) is 11.8 Å². The molecule has 1 unspecified atom stereocenters. The number of benzene rings is 3. The third-order valence-electron chi connectivity index (χ3n) is 6.98. The summed E-state index contributed by atoms with van der Waals surface area (Å²) in [7, 11) is 6.00. The van der Waals surface area contributed by atoms with Gasteiger partial charge in [-0.15, -0.1) is 0 Å². The SMILES string of the molecule is C=c1ccc(-c2ccc(NC)c(NN(C)c3cc4c(cc3NC)CC4(C)CC)c2)cc1=C. The molecule has 0 fully saturated rings. The van der Waals surface area contributed by atoms with Crippen LogP contribution >= 0.6 is 0 Å². The van der Waals surface area contributed by atoms with E-state index in [1.54, 1.807) is 0 Å². The maximum atomic E-state index is 4.10. The molecule has 3 N–H and O–H groups in total. The van der Waals surface area contributed by atoms with E-state index >= 15 is 0 Å². The van der Waals surface area contributed by atoms with Crippen molar-refractivity contribution in [1.29, 1.82) is 0 Å². The average Bonchev–Trinajstić information content (AvgIpc) is 2.79. The molecule has 0 bridgehead atoms. The number of hydrogen-bond donors (Lipinski definition) is 3. The summed E-state index contributed by atoms with van der Waals surface area (Å²) in [5.74, 6) is 0. The topological polar surface area (TPSA) is 39.3 Å². The second-order valence-corrected chi connectivity index (χ2v) is 9.03. The maximum absolute atomic E-state index is 4.10. The molecule has 0 amide bonds. The summed E-state index contributed by atoms with van der Waals surface area (Å²) in [6, 6.07) is 17.3. The zero-order valence-corrected chi connectivity index (χ0v) is 19.9. The van der Waals surface area contributed by atoms with Crippen LogP contribution in [0.1, 0.15) is 31.4 Å². The van der Waals surface area contributed by atoms with Crippen molar-refractivity contribution in [3.8, 4) is 11.1 Å². The van der Waals surface area contributed by atoms with Crippen LogP contribution in [0.4, 0.5) is 22.7 Å². The highest BCUT2D eigenvalue weighted by molar-refractivity contribution is 5.81. The van der Waals surface area contributed by atoms with E-state index in [4.69, 9.17) is 0 Å². The van der Waals surface area contributed by atoms with E-state index in [0.29, 0.717) is 0 Å². The second kappa shape index (κ2) is 8.27. The Hall–Kier alpha value is -3.40. The number of anilines is 4. The molecule has 0 radical (unpaired) electrons. The highest BCUT2D eigenvalue weighted by Crippen LogP contribution is 2.47. The lowest BCUT2D eigenvalue weighted by Gasteiger charge is -2.42. The van der Waals surface area contributed by atoms with Crippen molar-refractivity contribution in [2.45, 2.75) is 32.1 Å². The Morgan fingerprint density at radius 2 is 1.56 bits per heavy atom. The number of rotatable bonds is 7. The van der Waals surface area contributed by atoms with Gasteiger partial charge in [0.05, 0.1) is 22.7 Å². The third-order valence-corrected chi connectivity index (χ3v) is 6.98. The van der Waals surface area contributed by atoms with Crippen molar-refractivity contribution in [2.24, 2.45) is 0 Å². The monoisotopic (exact) mass is 426 g/mol. The molecule has 0 aliphatic heterocycles. The lowest BCUT2D eigenvalue weighted by molar-refractivity contribution is 0.395. The Labute approximate surface area is 191 Å². The first-order valence-electron chi connectivity index (χ1n) is 11.3. The Morgan fingerprint density at radius 1 is 0.875 bits per heavy atom. The maximum Gasteiger partial charge on any atom is 0.0803 e. The van der Waals surface area contributed by atoms with Gasteiger partial charge in [-0.05, 0) is 81.3 Å². The van der Waals surface area contributed by atoms with Crippen LogP contribution in [0, 0.1) is 0 Å². The van der Waals surface area contributed by atoms with E-state index in [2.05, 4.69) is 97.6 Å². The first kappa shape index (κ1) is 21.8. The summed E-state index contributed by atoms with van der Waals surface area (Å²) >= 11 is 0. The van der Waals surface area contributed by atoms with Crippen molar-refractivity contribution in [2.75, 3.05) is 42.2 Å². The van der Waals surface area contributed by atoms with Crippen LogP contribution in [0.2, 0.25) is 0 Å². The molecule has 4 rings (SSSR count). The largest absolute Gasteiger partial charge is 0.386 e. The highest BCUT2D eigenvalue weighted by atomic mass is 15.5. The fourth-order valence-electron chi connectivity index (χ4n) is 4.62. The summed E-state index contributed by atoms with van der Waals surface area (Å²) in [6.45, 7) is 12.8. The van der Waals surface area contributed by atoms with Gasteiger partial charge in [-0.3, -0.25) is 10.4 Å². The van der Waals surface area contributed by atoms with Gasteiger partial charge in [-0.25, -0.2) is 0 Å². The first-order valence-corrected chi connectivity index (χ1v) is 11.3. The van der Waals surface area contributed by atoms with Crippen molar-refractivity contribution in [3.63, 3.8) is 0 Å². The third kappa shape index (κ3) is 3.70. The van der Waals surface area contributed by atoms with Crippen LogP contribution < -0.4 is 31.5 Å². The van der Waals surface area contributed by atoms with Crippen molar-refractivity contribution >= 4 is 35.9 Å². The molecule has 0 saturated heterocycles. The minimum Gasteiger partial charge on any atom is -0.386 e. The van der Waals surface area contributed by atoms with Crippen LogP contribution in [0.25, 0.3) is 24.3 Å². The van der Waals surface area contributed by atoms with Crippen LogP contribution in [-0.4, -0.2) is 21.1 Å². The minimum atomic E-state index is 0.277. The standard InChI is InChI=1S/C28H34N4/c1-8-28(4)17-22-15-26(30-6)27(16-23(22)28)32(7)31-25-14-21(11-12-24(25)29-5)20-10-9-18(2)19(3)13-20/h9-16,29-31H,2-3,8,17H2,1,4-7H3. The number of nitrogens with zero attached hydrogens (tertiary/aromatic N) is 1. The molecule has 0 heterocycles. The molecule has 4 nitrogen and oxygen atoms in total. The fourth-order valence-corrected chi connectivity index (χ4v) is 4.62. The Morgan fingerprint density at radius 3 is 2.22 bits per heavy atom. The molecule has 3 aromatic carbocycles. The summed E-state index contributed by atoms with van der Waals surface area (Å²) in [6.07, 6.45) is 2.30.